The molecule has 36 heavy (non-hydrogen) atoms. The molecule has 0 spiro atoms. The zero-order chi connectivity index (χ0) is 24.8. The van der Waals surface area contributed by atoms with E-state index in [4.69, 9.17) is 4.74 Å². The smallest absolute Gasteiger partial charge is 0.411 e. The molecule has 1 N–H and O–H groups in total. The molecule has 192 valence electrons. The van der Waals surface area contributed by atoms with E-state index in [9.17, 15) is 22.8 Å². The molecule has 1 aliphatic heterocycles. The van der Waals surface area contributed by atoms with Gasteiger partial charge < -0.3 is 9.64 Å². The molecule has 1 aromatic heterocycles. The first-order chi connectivity index (χ1) is 16.9. The van der Waals surface area contributed by atoms with E-state index >= 15 is 0 Å². The number of carbonyl (C=O) groups is 1. The monoisotopic (exact) mass is 522 g/mol. The number of nitrogens with one attached hydrogen (secondary N) is 1. The van der Waals surface area contributed by atoms with Gasteiger partial charge in [0.15, 0.2) is 17.5 Å². The van der Waals surface area contributed by atoms with Crippen LogP contribution in [0.1, 0.15) is 24.8 Å². The standard InChI is InChI=1S/C25H25F3N4O3.ClH/c26-20-14-18(15-21(27)24(20)28)22-7-8-23(33)32(30-22)16-17-5-3-6-19(13-17)29-25(34)35-12-4-11-31-9-1-2-10-31;/h3,5-8,13-15H,1-2,4,9-12,16H2,(H,29,34);1H. The summed E-state index contributed by atoms with van der Waals surface area (Å²) in [7, 11) is 0. The molecule has 2 heterocycles. The molecule has 1 amide bonds. The molecule has 0 bridgehead atoms. The average Bonchev–Trinajstić information content (AvgIpc) is 3.35. The third-order valence-corrected chi connectivity index (χ3v) is 5.70. The molecule has 0 atom stereocenters. The number of hydrogen-bond donors (Lipinski definition) is 1. The largest absolute Gasteiger partial charge is 0.449 e. The molecule has 0 unspecified atom stereocenters. The van der Waals surface area contributed by atoms with Crippen LogP contribution in [-0.2, 0) is 11.3 Å². The molecule has 1 saturated heterocycles. The van der Waals surface area contributed by atoms with Crippen LogP contribution in [0, 0.1) is 17.5 Å². The number of carbonyl (C=O) groups excluding carboxylic acids is 1. The Balaban J connectivity index is 0.00000361. The molecule has 3 aromatic rings. The highest BCUT2D eigenvalue weighted by Gasteiger charge is 2.14. The summed E-state index contributed by atoms with van der Waals surface area (Å²) in [6.07, 6.45) is 2.63. The Hall–Kier alpha value is -3.37. The van der Waals surface area contributed by atoms with Crippen LogP contribution in [0.3, 0.4) is 0 Å². The maximum atomic E-state index is 13.6. The highest BCUT2D eigenvalue weighted by molar-refractivity contribution is 5.85. The minimum Gasteiger partial charge on any atom is -0.449 e. The second kappa shape index (κ2) is 12.5. The fourth-order valence-corrected chi connectivity index (χ4v) is 3.95. The predicted molar refractivity (Wildman–Crippen MR) is 132 cm³/mol. The van der Waals surface area contributed by atoms with E-state index in [1.807, 2.05) is 0 Å². The number of hydrogen-bond acceptors (Lipinski definition) is 5. The third kappa shape index (κ3) is 7.08. The van der Waals surface area contributed by atoms with Crippen molar-refractivity contribution in [1.29, 1.82) is 0 Å². The number of ether oxygens (including phenoxy) is 1. The minimum absolute atomic E-state index is 0. The third-order valence-electron chi connectivity index (χ3n) is 5.70. The van der Waals surface area contributed by atoms with Crippen molar-refractivity contribution in [2.45, 2.75) is 25.8 Å². The summed E-state index contributed by atoms with van der Waals surface area (Å²) in [5.41, 5.74) is 0.804. The fraction of sp³-hybridized carbons (Fsp3) is 0.320. The number of likely N-dealkylation sites (tertiary alicyclic amines) is 1. The van der Waals surface area contributed by atoms with Crippen molar-refractivity contribution in [3.05, 3.63) is 81.9 Å². The van der Waals surface area contributed by atoms with Crippen LogP contribution in [0.15, 0.2) is 53.3 Å². The summed E-state index contributed by atoms with van der Waals surface area (Å²) < 4.78 is 46.9. The quantitative estimate of drug-likeness (QED) is 0.339. The second-order valence-corrected chi connectivity index (χ2v) is 8.33. The van der Waals surface area contributed by atoms with Crippen molar-refractivity contribution < 1.29 is 22.7 Å². The fourth-order valence-electron chi connectivity index (χ4n) is 3.95. The SMILES string of the molecule is Cl.O=C(Nc1cccc(Cn2nc(-c3cc(F)c(F)c(F)c3)ccc2=O)c1)OCCCN1CCCC1. The number of halogens is 4. The van der Waals surface area contributed by atoms with Gasteiger partial charge >= 0.3 is 6.09 Å². The molecular formula is C25H26ClF3N4O3. The van der Waals surface area contributed by atoms with Crippen molar-refractivity contribution in [2.75, 3.05) is 31.6 Å². The van der Waals surface area contributed by atoms with Crippen molar-refractivity contribution in [3.63, 3.8) is 0 Å². The lowest BCUT2D eigenvalue weighted by atomic mass is 10.1. The predicted octanol–water partition coefficient (Wildman–Crippen LogP) is 4.83. The number of nitrogens with zero attached hydrogens (tertiary/aromatic N) is 3. The van der Waals surface area contributed by atoms with Gasteiger partial charge in [0.1, 0.15) is 0 Å². The van der Waals surface area contributed by atoms with Gasteiger partial charge in [-0.25, -0.2) is 22.6 Å². The molecule has 7 nitrogen and oxygen atoms in total. The number of amides is 1. The van der Waals surface area contributed by atoms with Crippen molar-refractivity contribution in [2.24, 2.45) is 0 Å². The highest BCUT2D eigenvalue weighted by Crippen LogP contribution is 2.21. The highest BCUT2D eigenvalue weighted by atomic mass is 35.5. The summed E-state index contributed by atoms with van der Waals surface area (Å²) in [6, 6.07) is 11.0. The number of anilines is 1. The van der Waals surface area contributed by atoms with E-state index in [0.717, 1.165) is 42.9 Å². The zero-order valence-corrected chi connectivity index (χ0v) is 20.2. The maximum Gasteiger partial charge on any atom is 0.411 e. The van der Waals surface area contributed by atoms with Crippen molar-refractivity contribution in [3.8, 4) is 11.3 Å². The molecule has 1 fully saturated rings. The molecule has 0 radical (unpaired) electrons. The van der Waals surface area contributed by atoms with E-state index in [-0.39, 0.29) is 30.2 Å². The van der Waals surface area contributed by atoms with Crippen LogP contribution in [0.2, 0.25) is 0 Å². The number of aromatic nitrogens is 2. The molecule has 4 rings (SSSR count). The van der Waals surface area contributed by atoms with Gasteiger partial charge in [-0.15, -0.1) is 12.4 Å². The van der Waals surface area contributed by atoms with E-state index in [2.05, 4.69) is 15.3 Å². The summed E-state index contributed by atoms with van der Waals surface area (Å²) in [5, 5.41) is 6.82. The van der Waals surface area contributed by atoms with Gasteiger partial charge in [-0.2, -0.15) is 5.10 Å². The number of rotatable bonds is 8. The normalized spacial score (nSPS) is 13.3. The van der Waals surface area contributed by atoms with E-state index in [1.165, 1.54) is 25.0 Å². The Morgan fingerprint density at radius 3 is 2.47 bits per heavy atom. The van der Waals surface area contributed by atoms with Crippen molar-refractivity contribution in [1.82, 2.24) is 14.7 Å². The van der Waals surface area contributed by atoms with Crippen LogP contribution in [-0.4, -0.2) is 47.0 Å². The lowest BCUT2D eigenvalue weighted by Gasteiger charge is -2.14. The van der Waals surface area contributed by atoms with Gasteiger partial charge in [0.25, 0.3) is 5.56 Å². The Bertz CT molecular complexity index is 1240. The summed E-state index contributed by atoms with van der Waals surface area (Å²) in [5.74, 6) is -4.26. The van der Waals surface area contributed by atoms with Crippen LogP contribution in [0.4, 0.5) is 23.7 Å². The second-order valence-electron chi connectivity index (χ2n) is 8.33. The summed E-state index contributed by atoms with van der Waals surface area (Å²) in [6.45, 7) is 3.45. The lowest BCUT2D eigenvalue weighted by Crippen LogP contribution is -2.23. The van der Waals surface area contributed by atoms with E-state index < -0.39 is 29.1 Å². The Labute approximate surface area is 212 Å². The van der Waals surface area contributed by atoms with Crippen LogP contribution in [0.5, 0.6) is 0 Å². The first-order valence-corrected chi connectivity index (χ1v) is 11.4. The average molecular weight is 523 g/mol. The number of benzene rings is 2. The van der Waals surface area contributed by atoms with Gasteiger partial charge in [0.05, 0.1) is 18.8 Å². The maximum absolute atomic E-state index is 13.6. The molecule has 0 saturated carbocycles. The van der Waals surface area contributed by atoms with Gasteiger partial charge in [-0.05, 0) is 68.2 Å². The zero-order valence-electron chi connectivity index (χ0n) is 19.4. The first kappa shape index (κ1) is 27.2. The first-order valence-electron chi connectivity index (χ1n) is 11.4. The van der Waals surface area contributed by atoms with Crippen LogP contribution >= 0.6 is 12.4 Å². The topological polar surface area (TPSA) is 76.5 Å². The van der Waals surface area contributed by atoms with Crippen LogP contribution < -0.4 is 10.9 Å². The van der Waals surface area contributed by atoms with Crippen LogP contribution in [0.25, 0.3) is 11.3 Å². The van der Waals surface area contributed by atoms with Gasteiger partial charge in [0, 0.05) is 23.9 Å². The summed E-state index contributed by atoms with van der Waals surface area (Å²) in [4.78, 5) is 26.8. The van der Waals surface area contributed by atoms with Crippen molar-refractivity contribution >= 4 is 24.2 Å². The Kier molecular flexibility index (Phi) is 9.49. The van der Waals surface area contributed by atoms with Gasteiger partial charge in [0.2, 0.25) is 0 Å². The molecule has 1 aliphatic rings. The van der Waals surface area contributed by atoms with E-state index in [1.54, 1.807) is 24.3 Å². The minimum atomic E-state index is -1.57. The van der Waals surface area contributed by atoms with Gasteiger partial charge in [-0.1, -0.05) is 12.1 Å². The molecular weight excluding hydrogens is 497 g/mol. The Morgan fingerprint density at radius 2 is 1.75 bits per heavy atom. The molecule has 11 heteroatoms. The molecule has 2 aromatic carbocycles. The van der Waals surface area contributed by atoms with Gasteiger partial charge in [-0.3, -0.25) is 10.1 Å². The van der Waals surface area contributed by atoms with E-state index in [0.29, 0.717) is 17.9 Å². The molecule has 0 aliphatic carbocycles. The summed E-state index contributed by atoms with van der Waals surface area (Å²) >= 11 is 0. The Morgan fingerprint density at radius 1 is 1.03 bits per heavy atom. The lowest BCUT2D eigenvalue weighted by molar-refractivity contribution is 0.154.